The van der Waals surface area contributed by atoms with Crippen molar-refractivity contribution >= 4 is 28.0 Å². The SMILES string of the molecule is CC1=CN2C=Cc3ccc4c(oc5ccccc54)c3C2C=C1. The van der Waals surface area contributed by atoms with Gasteiger partial charge in [0.2, 0.25) is 0 Å². The molecule has 0 spiro atoms. The summed E-state index contributed by atoms with van der Waals surface area (Å²) in [7, 11) is 0. The second kappa shape index (κ2) is 4.14. The molecule has 0 N–H and O–H groups in total. The van der Waals surface area contributed by atoms with Crippen LogP contribution in [-0.2, 0) is 0 Å². The molecule has 22 heavy (non-hydrogen) atoms. The second-order valence-corrected chi connectivity index (χ2v) is 5.98. The first-order valence-corrected chi connectivity index (χ1v) is 7.58. The van der Waals surface area contributed by atoms with Gasteiger partial charge in [-0.1, -0.05) is 36.4 Å². The highest BCUT2D eigenvalue weighted by molar-refractivity contribution is 6.07. The van der Waals surface area contributed by atoms with Crippen molar-refractivity contribution in [1.29, 1.82) is 0 Å². The zero-order valence-corrected chi connectivity index (χ0v) is 12.3. The average molecular weight is 285 g/mol. The largest absolute Gasteiger partial charge is 0.456 e. The number of hydrogen-bond donors (Lipinski definition) is 0. The van der Waals surface area contributed by atoms with Crippen LogP contribution in [0, 0.1) is 0 Å². The number of para-hydroxylation sites is 1. The minimum absolute atomic E-state index is 0.216. The number of nitrogens with zero attached hydrogens (tertiary/aromatic N) is 1. The number of hydrogen-bond acceptors (Lipinski definition) is 2. The van der Waals surface area contributed by atoms with E-state index in [-0.39, 0.29) is 6.04 Å². The van der Waals surface area contributed by atoms with E-state index < -0.39 is 0 Å². The standard InChI is InChI=1S/C20H15NO/c1-13-6-9-17-19-14(10-11-21(17)12-13)7-8-16-15-4-2-3-5-18(15)22-20(16)19/h2-12,17H,1H3. The summed E-state index contributed by atoms with van der Waals surface area (Å²) in [5.41, 5.74) is 5.73. The van der Waals surface area contributed by atoms with Gasteiger partial charge >= 0.3 is 0 Å². The van der Waals surface area contributed by atoms with Crippen LogP contribution < -0.4 is 0 Å². The molecule has 0 saturated heterocycles. The molecule has 0 fully saturated rings. The zero-order chi connectivity index (χ0) is 14.7. The smallest absolute Gasteiger partial charge is 0.141 e. The molecule has 0 amide bonds. The van der Waals surface area contributed by atoms with Crippen LogP contribution in [0.15, 0.2) is 70.9 Å². The van der Waals surface area contributed by atoms with Crippen molar-refractivity contribution in [3.63, 3.8) is 0 Å². The molecule has 2 nitrogen and oxygen atoms in total. The molecule has 0 saturated carbocycles. The molecular weight excluding hydrogens is 270 g/mol. The van der Waals surface area contributed by atoms with E-state index in [4.69, 9.17) is 4.42 Å². The Morgan fingerprint density at radius 2 is 1.91 bits per heavy atom. The molecule has 0 radical (unpaired) electrons. The Morgan fingerprint density at radius 1 is 1.00 bits per heavy atom. The van der Waals surface area contributed by atoms with Crippen molar-refractivity contribution < 1.29 is 4.42 Å². The maximum Gasteiger partial charge on any atom is 0.141 e. The van der Waals surface area contributed by atoms with Crippen LogP contribution in [0.25, 0.3) is 28.0 Å². The van der Waals surface area contributed by atoms with Gasteiger partial charge in [-0.2, -0.15) is 0 Å². The highest BCUT2D eigenvalue weighted by Crippen LogP contribution is 2.41. The van der Waals surface area contributed by atoms with Crippen molar-refractivity contribution in [2.24, 2.45) is 0 Å². The third kappa shape index (κ3) is 1.49. The van der Waals surface area contributed by atoms with Gasteiger partial charge in [0.05, 0.1) is 6.04 Å². The van der Waals surface area contributed by atoms with Gasteiger partial charge in [0.1, 0.15) is 11.2 Å². The first-order valence-electron chi connectivity index (χ1n) is 7.58. The molecule has 3 heterocycles. The quantitative estimate of drug-likeness (QED) is 0.551. The molecule has 106 valence electrons. The van der Waals surface area contributed by atoms with E-state index in [0.717, 1.165) is 11.2 Å². The summed E-state index contributed by atoms with van der Waals surface area (Å²) in [4.78, 5) is 2.25. The van der Waals surface area contributed by atoms with E-state index in [1.54, 1.807) is 0 Å². The Balaban J connectivity index is 1.86. The van der Waals surface area contributed by atoms with E-state index in [0.29, 0.717) is 0 Å². The highest BCUT2D eigenvalue weighted by atomic mass is 16.3. The van der Waals surface area contributed by atoms with Gasteiger partial charge in [-0.05, 0) is 36.3 Å². The van der Waals surface area contributed by atoms with Gasteiger partial charge in [0.25, 0.3) is 0 Å². The molecule has 5 rings (SSSR count). The first kappa shape index (κ1) is 11.9. The minimum Gasteiger partial charge on any atom is -0.456 e. The van der Waals surface area contributed by atoms with Crippen LogP contribution in [0.3, 0.4) is 0 Å². The monoisotopic (exact) mass is 285 g/mol. The summed E-state index contributed by atoms with van der Waals surface area (Å²) >= 11 is 0. The topological polar surface area (TPSA) is 16.4 Å². The maximum absolute atomic E-state index is 6.21. The lowest BCUT2D eigenvalue weighted by Crippen LogP contribution is -2.22. The van der Waals surface area contributed by atoms with Crippen molar-refractivity contribution in [2.45, 2.75) is 13.0 Å². The van der Waals surface area contributed by atoms with Gasteiger partial charge in [0, 0.05) is 28.7 Å². The number of fused-ring (bicyclic) bond motifs is 7. The molecule has 0 bridgehead atoms. The van der Waals surface area contributed by atoms with Crippen LogP contribution in [-0.4, -0.2) is 4.90 Å². The molecular formula is C20H15NO. The Morgan fingerprint density at radius 3 is 2.86 bits per heavy atom. The average Bonchev–Trinajstić information content (AvgIpc) is 2.93. The van der Waals surface area contributed by atoms with Crippen LogP contribution in [0.1, 0.15) is 24.1 Å². The van der Waals surface area contributed by atoms with Crippen molar-refractivity contribution in [3.05, 3.63) is 77.7 Å². The fourth-order valence-corrected chi connectivity index (χ4v) is 3.52. The van der Waals surface area contributed by atoms with Crippen LogP contribution in [0.5, 0.6) is 0 Å². The third-order valence-electron chi connectivity index (χ3n) is 4.56. The molecule has 2 aliphatic rings. The molecule has 2 aliphatic heterocycles. The summed E-state index contributed by atoms with van der Waals surface area (Å²) < 4.78 is 6.21. The number of benzene rings is 2. The third-order valence-corrected chi connectivity index (χ3v) is 4.56. The maximum atomic E-state index is 6.21. The minimum atomic E-state index is 0.216. The lowest BCUT2D eigenvalue weighted by Gasteiger charge is -2.32. The highest BCUT2D eigenvalue weighted by Gasteiger charge is 2.26. The van der Waals surface area contributed by atoms with Crippen LogP contribution in [0.2, 0.25) is 0 Å². The van der Waals surface area contributed by atoms with E-state index in [1.807, 2.05) is 12.1 Å². The Hall–Kier alpha value is -2.74. The van der Waals surface area contributed by atoms with Crippen LogP contribution in [0.4, 0.5) is 0 Å². The van der Waals surface area contributed by atoms with Gasteiger partial charge in [-0.3, -0.25) is 0 Å². The normalized spacial score (nSPS) is 19.4. The lowest BCUT2D eigenvalue weighted by molar-refractivity contribution is 0.425. The van der Waals surface area contributed by atoms with Crippen molar-refractivity contribution in [3.8, 4) is 0 Å². The van der Waals surface area contributed by atoms with E-state index >= 15 is 0 Å². The summed E-state index contributed by atoms with van der Waals surface area (Å²) in [6, 6.07) is 12.8. The fourth-order valence-electron chi connectivity index (χ4n) is 3.52. The molecule has 1 atom stereocenters. The van der Waals surface area contributed by atoms with Gasteiger partial charge in [-0.15, -0.1) is 0 Å². The second-order valence-electron chi connectivity index (χ2n) is 5.98. The molecule has 2 heteroatoms. The summed E-state index contributed by atoms with van der Waals surface area (Å²) in [6.45, 7) is 2.12. The summed E-state index contributed by atoms with van der Waals surface area (Å²) in [5.74, 6) is 0. The van der Waals surface area contributed by atoms with E-state index in [2.05, 4.69) is 66.7 Å². The molecule has 0 aliphatic carbocycles. The van der Waals surface area contributed by atoms with E-state index in [9.17, 15) is 0 Å². The summed E-state index contributed by atoms with van der Waals surface area (Å²) in [5, 5.41) is 2.39. The van der Waals surface area contributed by atoms with Crippen molar-refractivity contribution in [1.82, 2.24) is 4.90 Å². The fraction of sp³-hybridized carbons (Fsp3) is 0.100. The molecule has 3 aromatic rings. The first-order chi connectivity index (χ1) is 10.8. The Bertz CT molecular complexity index is 1000. The van der Waals surface area contributed by atoms with Gasteiger partial charge in [0.15, 0.2) is 0 Å². The Kier molecular flexibility index (Phi) is 2.23. The van der Waals surface area contributed by atoms with Gasteiger partial charge in [-0.25, -0.2) is 0 Å². The number of rotatable bonds is 0. The number of furan rings is 1. The zero-order valence-electron chi connectivity index (χ0n) is 12.3. The Labute approximate surface area is 128 Å². The molecule has 2 aromatic carbocycles. The molecule has 1 aromatic heterocycles. The molecule has 1 unspecified atom stereocenters. The predicted octanol–water partition coefficient (Wildman–Crippen LogP) is 5.39. The van der Waals surface area contributed by atoms with Crippen molar-refractivity contribution in [2.75, 3.05) is 0 Å². The summed E-state index contributed by atoms with van der Waals surface area (Å²) in [6.07, 6.45) is 10.9. The van der Waals surface area contributed by atoms with Crippen LogP contribution >= 0.6 is 0 Å². The predicted molar refractivity (Wildman–Crippen MR) is 90.2 cm³/mol. The lowest BCUT2D eigenvalue weighted by atomic mass is 9.92. The number of allylic oxidation sites excluding steroid dienone is 2. The van der Waals surface area contributed by atoms with E-state index in [1.165, 1.54) is 27.5 Å². The van der Waals surface area contributed by atoms with Gasteiger partial charge < -0.3 is 9.32 Å².